The summed E-state index contributed by atoms with van der Waals surface area (Å²) in [6, 6.07) is 6.35. The molecule has 2 rings (SSSR count). The minimum Gasteiger partial charge on any atom is -0.330 e. The van der Waals surface area contributed by atoms with E-state index in [9.17, 15) is 0 Å². The first-order chi connectivity index (χ1) is 6.68. The Bertz CT molecular complexity index is 342. The van der Waals surface area contributed by atoms with E-state index >= 15 is 0 Å². The van der Waals surface area contributed by atoms with Crippen LogP contribution in [0.5, 0.6) is 0 Å². The second-order valence-corrected chi connectivity index (χ2v) is 4.71. The van der Waals surface area contributed by atoms with Crippen LogP contribution in [-0.2, 0) is 5.41 Å². The van der Waals surface area contributed by atoms with E-state index in [1.54, 1.807) is 0 Å². The molecule has 2 N–H and O–H groups in total. The molecule has 14 heavy (non-hydrogen) atoms. The summed E-state index contributed by atoms with van der Waals surface area (Å²) in [6.07, 6.45) is 3.55. The Morgan fingerprint density at radius 3 is 2.64 bits per heavy atom. The first-order valence-corrected chi connectivity index (χ1v) is 5.52. The molecule has 0 atom stereocenters. The summed E-state index contributed by atoms with van der Waals surface area (Å²) in [5.41, 5.74) is 8.47. The minimum atomic E-state index is 0.319. The van der Waals surface area contributed by atoms with Crippen LogP contribution in [0.1, 0.15) is 30.4 Å². The molecular weight excluding hydrogens is 194 g/mol. The van der Waals surface area contributed by atoms with Crippen LogP contribution < -0.4 is 5.73 Å². The highest BCUT2D eigenvalue weighted by atomic mass is 35.5. The Labute approximate surface area is 90.3 Å². The third-order valence-corrected chi connectivity index (χ3v) is 3.49. The lowest BCUT2D eigenvalue weighted by molar-refractivity contribution is 0.629. The van der Waals surface area contributed by atoms with Gasteiger partial charge in [-0.3, -0.25) is 0 Å². The number of rotatable bonds is 3. The standard InChI is InChI=1S/C12H16ClN/c1-9-2-3-10(11(13)8-9)12(4-5-12)6-7-14/h2-3,8H,4-7,14H2,1H3. The lowest BCUT2D eigenvalue weighted by Gasteiger charge is -2.16. The first-order valence-electron chi connectivity index (χ1n) is 5.15. The molecule has 0 bridgehead atoms. The Morgan fingerprint density at radius 2 is 2.14 bits per heavy atom. The molecule has 0 aliphatic heterocycles. The zero-order valence-electron chi connectivity index (χ0n) is 8.52. The van der Waals surface area contributed by atoms with E-state index in [4.69, 9.17) is 17.3 Å². The molecule has 1 aromatic rings. The van der Waals surface area contributed by atoms with Crippen molar-refractivity contribution < 1.29 is 0 Å². The molecule has 1 aliphatic carbocycles. The first kappa shape index (κ1) is 10.0. The molecule has 0 amide bonds. The molecule has 1 saturated carbocycles. The Kier molecular flexibility index (Phi) is 2.54. The van der Waals surface area contributed by atoms with Crippen molar-refractivity contribution in [2.45, 2.75) is 31.6 Å². The van der Waals surface area contributed by atoms with Gasteiger partial charge in [0.1, 0.15) is 0 Å². The maximum Gasteiger partial charge on any atom is 0.0446 e. The van der Waals surface area contributed by atoms with Crippen molar-refractivity contribution >= 4 is 11.6 Å². The normalized spacial score (nSPS) is 18.2. The van der Waals surface area contributed by atoms with Gasteiger partial charge in [-0.15, -0.1) is 0 Å². The maximum absolute atomic E-state index is 6.25. The number of nitrogens with two attached hydrogens (primary N) is 1. The van der Waals surface area contributed by atoms with Gasteiger partial charge in [-0.1, -0.05) is 23.7 Å². The van der Waals surface area contributed by atoms with E-state index < -0.39 is 0 Å². The van der Waals surface area contributed by atoms with Crippen molar-refractivity contribution in [2.75, 3.05) is 6.54 Å². The van der Waals surface area contributed by atoms with Gasteiger partial charge in [-0.2, -0.15) is 0 Å². The third-order valence-electron chi connectivity index (χ3n) is 3.17. The van der Waals surface area contributed by atoms with Gasteiger partial charge >= 0.3 is 0 Å². The number of benzene rings is 1. The monoisotopic (exact) mass is 209 g/mol. The fourth-order valence-corrected chi connectivity index (χ4v) is 2.57. The quantitative estimate of drug-likeness (QED) is 0.814. The Hall–Kier alpha value is -0.530. The lowest BCUT2D eigenvalue weighted by atomic mass is 9.92. The van der Waals surface area contributed by atoms with Crippen molar-refractivity contribution in [3.8, 4) is 0 Å². The average molecular weight is 210 g/mol. The number of aryl methyl sites for hydroxylation is 1. The van der Waals surface area contributed by atoms with Crippen molar-refractivity contribution in [1.82, 2.24) is 0 Å². The largest absolute Gasteiger partial charge is 0.330 e. The predicted molar refractivity (Wildman–Crippen MR) is 60.8 cm³/mol. The minimum absolute atomic E-state index is 0.319. The van der Waals surface area contributed by atoms with E-state index in [1.165, 1.54) is 24.0 Å². The number of hydrogen-bond acceptors (Lipinski definition) is 1. The molecule has 0 radical (unpaired) electrons. The summed E-state index contributed by atoms with van der Waals surface area (Å²) >= 11 is 6.25. The Morgan fingerprint density at radius 1 is 1.43 bits per heavy atom. The van der Waals surface area contributed by atoms with Crippen LogP contribution in [0.15, 0.2) is 18.2 Å². The lowest BCUT2D eigenvalue weighted by Crippen LogP contribution is -2.13. The molecular formula is C12H16ClN. The highest BCUT2D eigenvalue weighted by Crippen LogP contribution is 2.52. The van der Waals surface area contributed by atoms with Gasteiger partial charge in [-0.05, 0) is 55.3 Å². The van der Waals surface area contributed by atoms with Crippen LogP contribution in [0.3, 0.4) is 0 Å². The van der Waals surface area contributed by atoms with Gasteiger partial charge in [-0.25, -0.2) is 0 Å². The van der Waals surface area contributed by atoms with Crippen molar-refractivity contribution in [1.29, 1.82) is 0 Å². The molecule has 0 aromatic heterocycles. The summed E-state index contributed by atoms with van der Waals surface area (Å²) in [6.45, 7) is 2.82. The van der Waals surface area contributed by atoms with E-state index in [0.717, 1.165) is 18.0 Å². The van der Waals surface area contributed by atoms with E-state index in [1.807, 2.05) is 6.07 Å². The van der Waals surface area contributed by atoms with Crippen LogP contribution in [0, 0.1) is 6.92 Å². The predicted octanol–water partition coefficient (Wildman–Crippen LogP) is 3.03. The SMILES string of the molecule is Cc1ccc(C2(CCN)CC2)c(Cl)c1. The average Bonchev–Trinajstić information content (AvgIpc) is 2.86. The van der Waals surface area contributed by atoms with Crippen LogP contribution in [-0.4, -0.2) is 6.54 Å². The van der Waals surface area contributed by atoms with E-state index in [2.05, 4.69) is 19.1 Å². The summed E-state index contributed by atoms with van der Waals surface area (Å²) in [4.78, 5) is 0. The van der Waals surface area contributed by atoms with Gasteiger partial charge in [0, 0.05) is 5.02 Å². The molecule has 1 fully saturated rings. The molecule has 0 saturated heterocycles. The van der Waals surface area contributed by atoms with Gasteiger partial charge in [0.15, 0.2) is 0 Å². The third kappa shape index (κ3) is 1.67. The van der Waals surface area contributed by atoms with Crippen molar-refractivity contribution in [3.63, 3.8) is 0 Å². The highest BCUT2D eigenvalue weighted by Gasteiger charge is 2.44. The number of hydrogen-bond donors (Lipinski definition) is 1. The molecule has 0 spiro atoms. The molecule has 1 nitrogen and oxygen atoms in total. The van der Waals surface area contributed by atoms with Crippen molar-refractivity contribution in [2.24, 2.45) is 5.73 Å². The van der Waals surface area contributed by atoms with Gasteiger partial charge < -0.3 is 5.73 Å². The summed E-state index contributed by atoms with van der Waals surface area (Å²) in [7, 11) is 0. The van der Waals surface area contributed by atoms with Crippen LogP contribution >= 0.6 is 11.6 Å². The highest BCUT2D eigenvalue weighted by molar-refractivity contribution is 6.31. The van der Waals surface area contributed by atoms with Crippen LogP contribution in [0.2, 0.25) is 5.02 Å². The molecule has 1 aromatic carbocycles. The van der Waals surface area contributed by atoms with E-state index in [-0.39, 0.29) is 0 Å². The molecule has 0 heterocycles. The van der Waals surface area contributed by atoms with Gasteiger partial charge in [0.2, 0.25) is 0 Å². The fraction of sp³-hybridized carbons (Fsp3) is 0.500. The summed E-state index contributed by atoms with van der Waals surface area (Å²) in [5.74, 6) is 0. The fourth-order valence-electron chi connectivity index (χ4n) is 2.13. The topological polar surface area (TPSA) is 26.0 Å². The van der Waals surface area contributed by atoms with Gasteiger partial charge in [0.25, 0.3) is 0 Å². The van der Waals surface area contributed by atoms with Crippen molar-refractivity contribution in [3.05, 3.63) is 34.3 Å². The van der Waals surface area contributed by atoms with Crippen LogP contribution in [0.25, 0.3) is 0 Å². The van der Waals surface area contributed by atoms with E-state index in [0.29, 0.717) is 5.41 Å². The molecule has 1 aliphatic rings. The zero-order chi connectivity index (χ0) is 10.2. The summed E-state index contributed by atoms with van der Waals surface area (Å²) in [5, 5.41) is 0.913. The smallest absolute Gasteiger partial charge is 0.0446 e. The maximum atomic E-state index is 6.25. The summed E-state index contributed by atoms with van der Waals surface area (Å²) < 4.78 is 0. The Balaban J connectivity index is 2.32. The zero-order valence-corrected chi connectivity index (χ0v) is 9.27. The van der Waals surface area contributed by atoms with Crippen LogP contribution in [0.4, 0.5) is 0 Å². The number of halogens is 1. The molecule has 76 valence electrons. The second kappa shape index (κ2) is 3.56. The molecule has 2 heteroatoms. The second-order valence-electron chi connectivity index (χ2n) is 4.30. The molecule has 0 unspecified atom stereocenters. The van der Waals surface area contributed by atoms with Gasteiger partial charge in [0.05, 0.1) is 0 Å².